The van der Waals surface area contributed by atoms with Gasteiger partial charge in [-0.15, -0.1) is 0 Å². The molecule has 0 aromatic carbocycles. The molecule has 0 radical (unpaired) electrons. The van der Waals surface area contributed by atoms with Crippen LogP contribution in [0.25, 0.3) is 0 Å². The number of nitrogens with zero attached hydrogens (tertiary/aromatic N) is 1. The average molecular weight is 186 g/mol. The standard InChI is InChI=1S/C8H12NO2S/c1-5-6(2)12-8(11)9(5,4)7(3)10/h1-4H3/q+1. The minimum Gasteiger partial charge on any atom is -0.230 e. The molecule has 0 bridgehead atoms. The van der Waals surface area contributed by atoms with Crippen molar-refractivity contribution in [2.24, 2.45) is 0 Å². The molecule has 0 aromatic rings. The van der Waals surface area contributed by atoms with Crippen molar-refractivity contribution in [1.82, 2.24) is 0 Å². The van der Waals surface area contributed by atoms with Gasteiger partial charge in [-0.3, -0.25) is 0 Å². The van der Waals surface area contributed by atoms with Crippen LogP contribution in [0.3, 0.4) is 0 Å². The van der Waals surface area contributed by atoms with Crippen molar-refractivity contribution in [2.45, 2.75) is 20.8 Å². The number of carbonyl (C=O) groups excluding carboxylic acids is 2. The van der Waals surface area contributed by atoms with Gasteiger partial charge in [-0.05, 0) is 6.92 Å². The van der Waals surface area contributed by atoms with Gasteiger partial charge in [0, 0.05) is 18.7 Å². The molecular formula is C8H12NO2S+. The highest BCUT2D eigenvalue weighted by atomic mass is 32.2. The molecule has 1 unspecified atom stereocenters. The van der Waals surface area contributed by atoms with Crippen molar-refractivity contribution >= 4 is 22.9 Å². The summed E-state index contributed by atoms with van der Waals surface area (Å²) < 4.78 is -0.170. The summed E-state index contributed by atoms with van der Waals surface area (Å²) in [5.41, 5.74) is 0.845. The van der Waals surface area contributed by atoms with E-state index in [9.17, 15) is 9.59 Å². The van der Waals surface area contributed by atoms with E-state index in [1.165, 1.54) is 6.92 Å². The molecule has 1 rings (SSSR count). The van der Waals surface area contributed by atoms with Gasteiger partial charge in [0.25, 0.3) is 0 Å². The predicted molar refractivity (Wildman–Crippen MR) is 48.2 cm³/mol. The summed E-state index contributed by atoms with van der Waals surface area (Å²) in [5, 5.41) is -0.0995. The zero-order valence-corrected chi connectivity index (χ0v) is 8.49. The van der Waals surface area contributed by atoms with Crippen molar-refractivity contribution in [3.05, 3.63) is 10.6 Å². The van der Waals surface area contributed by atoms with Gasteiger partial charge in [0.15, 0.2) is 0 Å². The normalized spacial score (nSPS) is 29.8. The van der Waals surface area contributed by atoms with Crippen LogP contribution in [0, 0.1) is 0 Å². The largest absolute Gasteiger partial charge is 0.391 e. The predicted octanol–water partition coefficient (Wildman–Crippen LogP) is 2.10. The van der Waals surface area contributed by atoms with E-state index in [-0.39, 0.29) is 15.6 Å². The van der Waals surface area contributed by atoms with Crippen molar-refractivity contribution in [3.8, 4) is 0 Å². The summed E-state index contributed by atoms with van der Waals surface area (Å²) in [6.07, 6.45) is 0. The summed E-state index contributed by atoms with van der Waals surface area (Å²) in [6, 6.07) is 0. The SMILES string of the molecule is CC(=O)[N+]1(C)C(=O)SC(C)=C1C. The van der Waals surface area contributed by atoms with E-state index in [2.05, 4.69) is 0 Å². The highest BCUT2D eigenvalue weighted by Crippen LogP contribution is 2.38. The molecule has 1 aliphatic heterocycles. The molecule has 4 heteroatoms. The van der Waals surface area contributed by atoms with Crippen LogP contribution in [-0.4, -0.2) is 22.7 Å². The van der Waals surface area contributed by atoms with E-state index in [0.29, 0.717) is 0 Å². The summed E-state index contributed by atoms with van der Waals surface area (Å²) in [5.74, 6) is -0.123. The van der Waals surface area contributed by atoms with E-state index in [1.54, 1.807) is 7.05 Å². The number of allylic oxidation sites excluding steroid dienone is 2. The molecule has 0 spiro atoms. The van der Waals surface area contributed by atoms with Crippen LogP contribution in [-0.2, 0) is 4.79 Å². The molecule has 2 amide bonds. The molecule has 1 aliphatic rings. The molecule has 0 fully saturated rings. The van der Waals surface area contributed by atoms with E-state index < -0.39 is 0 Å². The van der Waals surface area contributed by atoms with Gasteiger partial charge in [0.2, 0.25) is 0 Å². The van der Waals surface area contributed by atoms with Crippen molar-refractivity contribution in [1.29, 1.82) is 0 Å². The number of carbonyl (C=O) groups is 2. The summed E-state index contributed by atoms with van der Waals surface area (Å²) in [6.45, 7) is 5.14. The Labute approximate surface area is 76.0 Å². The maximum absolute atomic E-state index is 11.4. The van der Waals surface area contributed by atoms with Gasteiger partial charge in [0.05, 0.1) is 18.9 Å². The first-order chi connectivity index (χ1) is 5.40. The Morgan fingerprint density at radius 2 is 1.92 bits per heavy atom. The molecule has 66 valence electrons. The highest BCUT2D eigenvalue weighted by Gasteiger charge is 2.46. The van der Waals surface area contributed by atoms with Gasteiger partial charge in [-0.1, -0.05) is 0 Å². The Morgan fingerprint density at radius 1 is 1.42 bits per heavy atom. The Bertz CT molecular complexity index is 295. The first-order valence-electron chi connectivity index (χ1n) is 3.68. The third kappa shape index (κ3) is 1.03. The van der Waals surface area contributed by atoms with Crippen LogP contribution in [0.4, 0.5) is 4.79 Å². The summed E-state index contributed by atoms with van der Waals surface area (Å²) in [7, 11) is 1.64. The number of imide groups is 1. The quantitative estimate of drug-likeness (QED) is 0.543. The van der Waals surface area contributed by atoms with Gasteiger partial charge in [-0.25, -0.2) is 9.59 Å². The van der Waals surface area contributed by atoms with Gasteiger partial charge in [0.1, 0.15) is 5.70 Å². The van der Waals surface area contributed by atoms with Crippen LogP contribution >= 0.6 is 11.8 Å². The van der Waals surface area contributed by atoms with Crippen molar-refractivity contribution in [3.63, 3.8) is 0 Å². The average Bonchev–Trinajstić information content (AvgIpc) is 2.16. The van der Waals surface area contributed by atoms with Gasteiger partial charge in [-0.2, -0.15) is 4.48 Å². The van der Waals surface area contributed by atoms with Crippen molar-refractivity contribution in [2.75, 3.05) is 7.05 Å². The molecule has 12 heavy (non-hydrogen) atoms. The molecule has 3 nitrogen and oxygen atoms in total. The van der Waals surface area contributed by atoms with E-state index in [0.717, 1.165) is 22.4 Å². The number of hydrogen-bond acceptors (Lipinski definition) is 3. The number of hydrogen-bond donors (Lipinski definition) is 0. The number of thioether (sulfide) groups is 1. The fourth-order valence-electron chi connectivity index (χ4n) is 1.11. The number of quaternary nitrogens is 1. The van der Waals surface area contributed by atoms with Gasteiger partial charge >= 0.3 is 11.1 Å². The first-order valence-corrected chi connectivity index (χ1v) is 4.50. The minimum atomic E-state index is -0.170. The Balaban J connectivity index is 3.21. The van der Waals surface area contributed by atoms with Crippen LogP contribution in [0.2, 0.25) is 0 Å². The second-order valence-corrected chi connectivity index (χ2v) is 4.20. The third-order valence-corrected chi connectivity index (χ3v) is 3.56. The lowest BCUT2D eigenvalue weighted by Gasteiger charge is -2.21. The molecule has 0 N–H and O–H groups in total. The van der Waals surface area contributed by atoms with Gasteiger partial charge < -0.3 is 0 Å². The van der Waals surface area contributed by atoms with Crippen molar-refractivity contribution < 1.29 is 14.1 Å². The van der Waals surface area contributed by atoms with Crippen LogP contribution < -0.4 is 0 Å². The lowest BCUT2D eigenvalue weighted by atomic mass is 10.3. The van der Waals surface area contributed by atoms with E-state index in [4.69, 9.17) is 0 Å². The number of amides is 2. The van der Waals surface area contributed by atoms with Crippen LogP contribution in [0.1, 0.15) is 20.8 Å². The molecular weight excluding hydrogens is 174 g/mol. The topological polar surface area (TPSA) is 34.1 Å². The zero-order chi connectivity index (χ0) is 9.52. The second-order valence-electron chi connectivity index (χ2n) is 3.03. The third-order valence-electron chi connectivity index (χ3n) is 2.42. The molecule has 0 aromatic heterocycles. The lowest BCUT2D eigenvalue weighted by molar-refractivity contribution is -0.700. The lowest BCUT2D eigenvalue weighted by Crippen LogP contribution is -2.46. The molecule has 0 saturated heterocycles. The maximum atomic E-state index is 11.4. The molecule has 1 heterocycles. The Kier molecular flexibility index (Phi) is 2.14. The highest BCUT2D eigenvalue weighted by molar-refractivity contribution is 8.16. The molecule has 1 atom stereocenters. The zero-order valence-electron chi connectivity index (χ0n) is 7.67. The summed E-state index contributed by atoms with van der Waals surface area (Å²) >= 11 is 1.16. The van der Waals surface area contributed by atoms with E-state index in [1.807, 2.05) is 13.8 Å². The first kappa shape index (κ1) is 9.48. The second kappa shape index (κ2) is 2.71. The Hall–Kier alpha value is -0.610. The molecule has 0 aliphatic carbocycles. The van der Waals surface area contributed by atoms with E-state index >= 15 is 0 Å². The fraction of sp³-hybridized carbons (Fsp3) is 0.500. The maximum Gasteiger partial charge on any atom is 0.391 e. The Morgan fingerprint density at radius 3 is 2.08 bits per heavy atom. The summed E-state index contributed by atoms with van der Waals surface area (Å²) in [4.78, 5) is 23.6. The molecule has 0 saturated carbocycles. The monoisotopic (exact) mass is 186 g/mol. The smallest absolute Gasteiger partial charge is 0.230 e. The fourth-order valence-corrected chi connectivity index (χ4v) is 2.15. The van der Waals surface area contributed by atoms with Crippen LogP contribution in [0.15, 0.2) is 10.6 Å². The number of rotatable bonds is 0. The minimum absolute atomic E-state index is 0.0995. The van der Waals surface area contributed by atoms with Crippen LogP contribution in [0.5, 0.6) is 0 Å².